The molecule has 1 amide bonds. The molecule has 7 heteroatoms. The van der Waals surface area contributed by atoms with Gasteiger partial charge < -0.3 is 10.1 Å². The summed E-state index contributed by atoms with van der Waals surface area (Å²) in [5, 5.41) is 13.3. The van der Waals surface area contributed by atoms with Crippen LogP contribution in [-0.4, -0.2) is 23.4 Å². The highest BCUT2D eigenvalue weighted by Gasteiger charge is 2.12. The first-order valence-corrected chi connectivity index (χ1v) is 8.52. The standard InChI is InChI=1S/C20H18N2O5/c23-19(21-17-8-7-15-2-1-3-16(15)12-17)13-27-20(24)11-6-14-4-9-18(10-5-14)22(25)26/h4-12H,1-3,13H2,(H,21,23). The van der Waals surface area contributed by atoms with Gasteiger partial charge in [0.2, 0.25) is 0 Å². The van der Waals surface area contributed by atoms with Gasteiger partial charge in [-0.2, -0.15) is 0 Å². The van der Waals surface area contributed by atoms with Crippen LogP contribution in [0.3, 0.4) is 0 Å². The number of carbonyl (C=O) groups excluding carboxylic acids is 2. The first kappa shape index (κ1) is 18.3. The molecule has 0 aromatic heterocycles. The molecule has 3 rings (SSSR count). The molecular weight excluding hydrogens is 348 g/mol. The van der Waals surface area contributed by atoms with Crippen LogP contribution in [0.15, 0.2) is 48.5 Å². The molecule has 2 aromatic rings. The van der Waals surface area contributed by atoms with E-state index in [1.54, 1.807) is 0 Å². The number of anilines is 1. The van der Waals surface area contributed by atoms with Crippen molar-refractivity contribution in [2.75, 3.05) is 11.9 Å². The fourth-order valence-corrected chi connectivity index (χ4v) is 2.90. The van der Waals surface area contributed by atoms with Gasteiger partial charge >= 0.3 is 5.97 Å². The largest absolute Gasteiger partial charge is 0.452 e. The van der Waals surface area contributed by atoms with Crippen LogP contribution in [0.5, 0.6) is 0 Å². The topological polar surface area (TPSA) is 98.5 Å². The molecule has 0 spiro atoms. The van der Waals surface area contributed by atoms with E-state index >= 15 is 0 Å². The number of nitrogens with zero attached hydrogens (tertiary/aromatic N) is 1. The average Bonchev–Trinajstić information content (AvgIpc) is 3.13. The zero-order valence-corrected chi connectivity index (χ0v) is 14.5. The zero-order valence-electron chi connectivity index (χ0n) is 14.5. The summed E-state index contributed by atoms with van der Waals surface area (Å²) in [4.78, 5) is 33.7. The SMILES string of the molecule is O=C(COC(=O)C=Cc1ccc([N+](=O)[O-])cc1)Nc1ccc2c(c1)CCC2. The normalized spacial score (nSPS) is 12.6. The number of rotatable bonds is 6. The van der Waals surface area contributed by atoms with Gasteiger partial charge in [0, 0.05) is 23.9 Å². The Morgan fingerprint density at radius 1 is 1.11 bits per heavy atom. The van der Waals surface area contributed by atoms with Crippen LogP contribution in [-0.2, 0) is 27.2 Å². The monoisotopic (exact) mass is 366 g/mol. The van der Waals surface area contributed by atoms with Gasteiger partial charge in [-0.05, 0) is 66.3 Å². The molecule has 138 valence electrons. The molecule has 0 fully saturated rings. The number of nitro groups is 1. The van der Waals surface area contributed by atoms with Crippen LogP contribution >= 0.6 is 0 Å². The Hall–Kier alpha value is -3.48. The lowest BCUT2D eigenvalue weighted by Crippen LogP contribution is -2.20. The number of amides is 1. The highest BCUT2D eigenvalue weighted by atomic mass is 16.6. The molecule has 0 radical (unpaired) electrons. The average molecular weight is 366 g/mol. The molecule has 0 saturated heterocycles. The first-order valence-electron chi connectivity index (χ1n) is 8.52. The smallest absolute Gasteiger partial charge is 0.331 e. The van der Waals surface area contributed by atoms with Gasteiger partial charge in [-0.15, -0.1) is 0 Å². The van der Waals surface area contributed by atoms with Gasteiger partial charge in [-0.3, -0.25) is 14.9 Å². The molecule has 0 unspecified atom stereocenters. The van der Waals surface area contributed by atoms with Crippen molar-refractivity contribution in [3.63, 3.8) is 0 Å². The van der Waals surface area contributed by atoms with Crippen molar-refractivity contribution in [2.45, 2.75) is 19.3 Å². The maximum absolute atomic E-state index is 11.9. The van der Waals surface area contributed by atoms with E-state index in [0.717, 1.165) is 19.3 Å². The Morgan fingerprint density at radius 3 is 2.59 bits per heavy atom. The van der Waals surface area contributed by atoms with Crippen molar-refractivity contribution in [3.8, 4) is 0 Å². The van der Waals surface area contributed by atoms with E-state index in [4.69, 9.17) is 4.74 Å². The number of benzene rings is 2. The minimum absolute atomic E-state index is 0.0297. The summed E-state index contributed by atoms with van der Waals surface area (Å²) >= 11 is 0. The van der Waals surface area contributed by atoms with Gasteiger partial charge in [0.1, 0.15) is 0 Å². The molecule has 1 N–H and O–H groups in total. The minimum atomic E-state index is -0.669. The number of hydrogen-bond donors (Lipinski definition) is 1. The van der Waals surface area contributed by atoms with Crippen LogP contribution in [0.2, 0.25) is 0 Å². The number of esters is 1. The van der Waals surface area contributed by atoms with Crippen molar-refractivity contribution in [3.05, 3.63) is 75.3 Å². The number of ether oxygens (including phenoxy) is 1. The Bertz CT molecular complexity index is 903. The Labute approximate surface area is 155 Å². The maximum Gasteiger partial charge on any atom is 0.331 e. The summed E-state index contributed by atoms with van der Waals surface area (Å²) in [6.07, 6.45) is 5.85. The van der Waals surface area contributed by atoms with Gasteiger partial charge in [0.15, 0.2) is 6.61 Å². The highest BCUT2D eigenvalue weighted by molar-refractivity contribution is 5.94. The fraction of sp³-hybridized carbons (Fsp3) is 0.200. The molecule has 27 heavy (non-hydrogen) atoms. The predicted octanol–water partition coefficient (Wildman–Crippen LogP) is 3.28. The van der Waals surface area contributed by atoms with E-state index < -0.39 is 16.8 Å². The third-order valence-electron chi connectivity index (χ3n) is 4.24. The molecule has 1 aliphatic carbocycles. The number of carbonyl (C=O) groups is 2. The second-order valence-corrected chi connectivity index (χ2v) is 6.17. The summed E-state index contributed by atoms with van der Waals surface area (Å²) < 4.78 is 4.91. The van der Waals surface area contributed by atoms with Crippen molar-refractivity contribution in [1.29, 1.82) is 0 Å². The first-order chi connectivity index (χ1) is 13.0. The van der Waals surface area contributed by atoms with Crippen LogP contribution in [0.4, 0.5) is 11.4 Å². The third kappa shape index (κ3) is 5.01. The van der Waals surface area contributed by atoms with E-state index in [-0.39, 0.29) is 12.3 Å². The minimum Gasteiger partial charge on any atom is -0.452 e. The highest BCUT2D eigenvalue weighted by Crippen LogP contribution is 2.24. The number of nitro benzene ring substituents is 1. The zero-order chi connectivity index (χ0) is 19.2. The van der Waals surface area contributed by atoms with Crippen LogP contribution in [0.25, 0.3) is 6.08 Å². The molecule has 2 aromatic carbocycles. The van der Waals surface area contributed by atoms with Crippen molar-refractivity contribution in [1.82, 2.24) is 0 Å². The van der Waals surface area contributed by atoms with Crippen molar-refractivity contribution >= 4 is 29.3 Å². The Morgan fingerprint density at radius 2 is 1.85 bits per heavy atom. The van der Waals surface area contributed by atoms with Gasteiger partial charge in [0.05, 0.1) is 4.92 Å². The Kier molecular flexibility index (Phi) is 5.61. The van der Waals surface area contributed by atoms with E-state index in [0.29, 0.717) is 11.3 Å². The molecule has 0 heterocycles. The summed E-state index contributed by atoms with van der Waals surface area (Å²) in [6.45, 7) is -0.388. The summed E-state index contributed by atoms with van der Waals surface area (Å²) in [6, 6.07) is 11.5. The lowest BCUT2D eigenvalue weighted by Gasteiger charge is -2.07. The molecule has 1 aliphatic rings. The number of hydrogen-bond acceptors (Lipinski definition) is 5. The molecular formula is C20H18N2O5. The molecule has 0 bridgehead atoms. The third-order valence-corrected chi connectivity index (χ3v) is 4.24. The number of non-ortho nitro benzene ring substituents is 1. The summed E-state index contributed by atoms with van der Waals surface area (Å²) in [5.41, 5.74) is 3.84. The van der Waals surface area contributed by atoms with E-state index in [1.165, 1.54) is 47.5 Å². The van der Waals surface area contributed by atoms with Crippen LogP contribution in [0, 0.1) is 10.1 Å². The fourth-order valence-electron chi connectivity index (χ4n) is 2.90. The van der Waals surface area contributed by atoms with E-state index in [9.17, 15) is 19.7 Å². The van der Waals surface area contributed by atoms with Crippen molar-refractivity contribution < 1.29 is 19.2 Å². The molecule has 0 aliphatic heterocycles. The lowest BCUT2D eigenvalue weighted by atomic mass is 10.1. The molecule has 7 nitrogen and oxygen atoms in total. The van der Waals surface area contributed by atoms with Gasteiger partial charge in [-0.25, -0.2) is 4.79 Å². The molecule has 0 atom stereocenters. The molecule has 0 saturated carbocycles. The number of fused-ring (bicyclic) bond motifs is 1. The maximum atomic E-state index is 11.9. The number of aryl methyl sites for hydroxylation is 2. The van der Waals surface area contributed by atoms with Crippen LogP contribution in [0.1, 0.15) is 23.1 Å². The van der Waals surface area contributed by atoms with E-state index in [1.807, 2.05) is 18.2 Å². The second-order valence-electron chi connectivity index (χ2n) is 6.17. The quantitative estimate of drug-likeness (QED) is 0.366. The van der Waals surface area contributed by atoms with Crippen molar-refractivity contribution in [2.24, 2.45) is 0 Å². The summed E-state index contributed by atoms with van der Waals surface area (Å²) in [5.74, 6) is -1.08. The predicted molar refractivity (Wildman–Crippen MR) is 100 cm³/mol. The number of nitrogens with one attached hydrogen (secondary N) is 1. The van der Waals surface area contributed by atoms with Crippen LogP contribution < -0.4 is 5.32 Å². The lowest BCUT2D eigenvalue weighted by molar-refractivity contribution is -0.384. The van der Waals surface area contributed by atoms with Gasteiger partial charge in [-0.1, -0.05) is 6.07 Å². The Balaban J connectivity index is 1.46. The summed E-state index contributed by atoms with van der Waals surface area (Å²) in [7, 11) is 0. The van der Waals surface area contributed by atoms with E-state index in [2.05, 4.69) is 5.32 Å². The van der Waals surface area contributed by atoms with Gasteiger partial charge in [0.25, 0.3) is 11.6 Å². The second kappa shape index (κ2) is 8.27.